The van der Waals surface area contributed by atoms with Gasteiger partial charge in [0.15, 0.2) is 4.08 Å². The number of ether oxygens (including phenoxy) is 1. The zero-order chi connectivity index (χ0) is 13.8. The van der Waals surface area contributed by atoms with Gasteiger partial charge in [-0.1, -0.05) is 59.9 Å². The van der Waals surface area contributed by atoms with Crippen LogP contribution in [0.15, 0.2) is 70.5 Å². The number of rotatable bonds is 4. The summed E-state index contributed by atoms with van der Waals surface area (Å²) in [6.07, 6.45) is 0.727. The van der Waals surface area contributed by atoms with E-state index < -0.39 is 4.08 Å². The number of hydrogen-bond acceptors (Lipinski definition) is 4. The average molecular weight is 302 g/mol. The van der Waals surface area contributed by atoms with Crippen LogP contribution in [0.5, 0.6) is 0 Å². The van der Waals surface area contributed by atoms with E-state index in [1.165, 1.54) is 0 Å². The van der Waals surface area contributed by atoms with Crippen LogP contribution in [0.3, 0.4) is 0 Å². The highest BCUT2D eigenvalue weighted by molar-refractivity contribution is 8.19. The van der Waals surface area contributed by atoms with E-state index in [1.54, 1.807) is 23.5 Å². The summed E-state index contributed by atoms with van der Waals surface area (Å²) in [5, 5.41) is 0. The van der Waals surface area contributed by atoms with Crippen LogP contribution in [0.2, 0.25) is 0 Å². The Morgan fingerprint density at radius 1 is 0.850 bits per heavy atom. The van der Waals surface area contributed by atoms with Gasteiger partial charge in [0.25, 0.3) is 0 Å². The van der Waals surface area contributed by atoms with Crippen LogP contribution in [-0.4, -0.2) is 16.7 Å². The Bertz CT molecular complexity index is 542. The Balaban J connectivity index is 1.87. The molecule has 0 unspecified atom stereocenters. The first-order valence-corrected chi connectivity index (χ1v) is 8.07. The van der Waals surface area contributed by atoms with Gasteiger partial charge in [-0.05, 0) is 24.3 Å². The lowest BCUT2D eigenvalue weighted by Crippen LogP contribution is -2.26. The lowest BCUT2D eigenvalue weighted by atomic mass is 10.3. The van der Waals surface area contributed by atoms with E-state index >= 15 is 0 Å². The SMILES string of the molecule is O=C1OCCC1(Sc1ccccc1)Sc1ccccc1. The molecule has 0 bridgehead atoms. The van der Waals surface area contributed by atoms with Crippen molar-refractivity contribution >= 4 is 29.5 Å². The molecule has 102 valence electrons. The molecular formula is C16H14O2S2. The standard InChI is InChI=1S/C16H14O2S2/c17-15-16(11-12-18-15,19-13-7-3-1-4-8-13)20-14-9-5-2-6-10-14/h1-10H,11-12H2. The molecule has 0 radical (unpaired) electrons. The zero-order valence-electron chi connectivity index (χ0n) is 10.8. The predicted octanol–water partition coefficient (Wildman–Crippen LogP) is 4.21. The molecule has 1 fully saturated rings. The van der Waals surface area contributed by atoms with Gasteiger partial charge in [-0.2, -0.15) is 0 Å². The molecule has 0 aromatic heterocycles. The minimum Gasteiger partial charge on any atom is -0.464 e. The molecule has 0 aliphatic carbocycles. The number of carbonyl (C=O) groups is 1. The number of thioether (sulfide) groups is 2. The van der Waals surface area contributed by atoms with Gasteiger partial charge in [0.05, 0.1) is 6.61 Å². The number of cyclic esters (lactones) is 1. The lowest BCUT2D eigenvalue weighted by Gasteiger charge is -2.23. The second-order valence-electron chi connectivity index (χ2n) is 4.47. The van der Waals surface area contributed by atoms with E-state index in [0.29, 0.717) is 6.61 Å². The summed E-state index contributed by atoms with van der Waals surface area (Å²) in [5.74, 6) is -0.125. The van der Waals surface area contributed by atoms with Crippen molar-refractivity contribution in [2.24, 2.45) is 0 Å². The fourth-order valence-corrected chi connectivity index (χ4v) is 4.80. The summed E-state index contributed by atoms with van der Waals surface area (Å²) in [6.45, 7) is 0.499. The summed E-state index contributed by atoms with van der Waals surface area (Å²) in [7, 11) is 0. The van der Waals surface area contributed by atoms with Crippen molar-refractivity contribution in [2.45, 2.75) is 20.3 Å². The minimum absolute atomic E-state index is 0.125. The van der Waals surface area contributed by atoms with Crippen molar-refractivity contribution in [3.63, 3.8) is 0 Å². The second kappa shape index (κ2) is 5.94. The van der Waals surface area contributed by atoms with Gasteiger partial charge in [0.2, 0.25) is 0 Å². The quantitative estimate of drug-likeness (QED) is 0.624. The van der Waals surface area contributed by atoms with E-state index in [2.05, 4.69) is 0 Å². The zero-order valence-corrected chi connectivity index (χ0v) is 12.5. The van der Waals surface area contributed by atoms with Crippen LogP contribution in [-0.2, 0) is 9.53 Å². The van der Waals surface area contributed by atoms with Gasteiger partial charge in [0, 0.05) is 16.2 Å². The molecule has 0 N–H and O–H groups in total. The molecule has 1 aliphatic rings. The van der Waals surface area contributed by atoms with Crippen LogP contribution in [0.4, 0.5) is 0 Å². The van der Waals surface area contributed by atoms with Gasteiger partial charge in [0.1, 0.15) is 0 Å². The van der Waals surface area contributed by atoms with Crippen molar-refractivity contribution in [3.8, 4) is 0 Å². The van der Waals surface area contributed by atoms with Crippen molar-refractivity contribution in [3.05, 3.63) is 60.7 Å². The third kappa shape index (κ3) is 2.86. The summed E-state index contributed by atoms with van der Waals surface area (Å²) >= 11 is 3.18. The predicted molar refractivity (Wildman–Crippen MR) is 82.9 cm³/mol. The molecule has 4 heteroatoms. The molecule has 0 atom stereocenters. The number of benzene rings is 2. The molecule has 20 heavy (non-hydrogen) atoms. The Morgan fingerprint density at radius 2 is 1.35 bits per heavy atom. The van der Waals surface area contributed by atoms with Gasteiger partial charge < -0.3 is 4.74 Å². The van der Waals surface area contributed by atoms with Gasteiger partial charge >= 0.3 is 5.97 Å². The highest BCUT2D eigenvalue weighted by Gasteiger charge is 2.46. The third-order valence-electron chi connectivity index (χ3n) is 3.03. The molecule has 0 amide bonds. The van der Waals surface area contributed by atoms with Crippen molar-refractivity contribution in [1.29, 1.82) is 0 Å². The molecule has 1 aliphatic heterocycles. The summed E-state index contributed by atoms with van der Waals surface area (Å²) < 4.78 is 4.67. The molecular weight excluding hydrogens is 288 g/mol. The molecule has 3 rings (SSSR count). The monoisotopic (exact) mass is 302 g/mol. The van der Waals surface area contributed by atoms with Crippen molar-refractivity contribution in [1.82, 2.24) is 0 Å². The largest absolute Gasteiger partial charge is 0.464 e. The molecule has 2 aromatic carbocycles. The Labute approximate surface area is 126 Å². The van der Waals surface area contributed by atoms with Crippen LogP contribution in [0.25, 0.3) is 0 Å². The molecule has 1 heterocycles. The minimum atomic E-state index is -0.567. The van der Waals surface area contributed by atoms with Gasteiger partial charge in [-0.25, -0.2) is 4.79 Å². The third-order valence-corrected chi connectivity index (χ3v) is 5.94. The van der Waals surface area contributed by atoms with Gasteiger partial charge in [-0.15, -0.1) is 0 Å². The highest BCUT2D eigenvalue weighted by Crippen LogP contribution is 2.51. The molecule has 0 spiro atoms. The number of hydrogen-bond donors (Lipinski definition) is 0. The van der Waals surface area contributed by atoms with Crippen molar-refractivity contribution in [2.75, 3.05) is 6.61 Å². The van der Waals surface area contributed by atoms with Crippen LogP contribution < -0.4 is 0 Å². The first-order chi connectivity index (χ1) is 9.78. The highest BCUT2D eigenvalue weighted by atomic mass is 32.2. The normalized spacial score (nSPS) is 16.9. The van der Waals surface area contributed by atoms with Crippen LogP contribution >= 0.6 is 23.5 Å². The fraction of sp³-hybridized carbons (Fsp3) is 0.188. The van der Waals surface area contributed by atoms with E-state index in [1.807, 2.05) is 60.7 Å². The lowest BCUT2D eigenvalue weighted by molar-refractivity contribution is -0.138. The summed E-state index contributed by atoms with van der Waals surface area (Å²) in [5.41, 5.74) is 0. The average Bonchev–Trinajstić information content (AvgIpc) is 2.82. The van der Waals surface area contributed by atoms with Crippen LogP contribution in [0, 0.1) is 0 Å². The summed E-state index contributed by atoms with van der Waals surface area (Å²) in [4.78, 5) is 14.4. The Hall–Kier alpha value is -1.39. The maximum atomic E-state index is 12.2. The second-order valence-corrected chi connectivity index (χ2v) is 7.47. The molecule has 2 nitrogen and oxygen atoms in total. The van der Waals surface area contributed by atoms with E-state index in [0.717, 1.165) is 16.2 Å². The summed E-state index contributed by atoms with van der Waals surface area (Å²) in [6, 6.07) is 20.0. The van der Waals surface area contributed by atoms with Gasteiger partial charge in [-0.3, -0.25) is 0 Å². The first-order valence-electron chi connectivity index (χ1n) is 6.44. The van der Waals surface area contributed by atoms with E-state index in [9.17, 15) is 4.79 Å². The molecule has 0 saturated carbocycles. The maximum Gasteiger partial charge on any atom is 0.333 e. The molecule has 1 saturated heterocycles. The van der Waals surface area contributed by atoms with Crippen LogP contribution in [0.1, 0.15) is 6.42 Å². The fourth-order valence-electron chi connectivity index (χ4n) is 2.05. The number of esters is 1. The smallest absolute Gasteiger partial charge is 0.333 e. The Kier molecular flexibility index (Phi) is 4.03. The van der Waals surface area contributed by atoms with E-state index in [-0.39, 0.29) is 5.97 Å². The van der Waals surface area contributed by atoms with E-state index in [4.69, 9.17) is 4.74 Å². The first kappa shape index (κ1) is 13.6. The number of carbonyl (C=O) groups excluding carboxylic acids is 1. The topological polar surface area (TPSA) is 26.3 Å². The van der Waals surface area contributed by atoms with Crippen molar-refractivity contribution < 1.29 is 9.53 Å². The maximum absolute atomic E-state index is 12.2. The Morgan fingerprint density at radius 3 is 1.75 bits per heavy atom. The molecule has 2 aromatic rings.